The molecule has 0 aromatic carbocycles. The normalized spacial score (nSPS) is 16.5. The summed E-state index contributed by atoms with van der Waals surface area (Å²) in [5, 5.41) is 17.0. The Kier molecular flexibility index (Phi) is 6.63. The predicted octanol–water partition coefficient (Wildman–Crippen LogP) is 0.304. The number of aromatic nitrogens is 2. The molecule has 0 unspecified atom stereocenters. The fourth-order valence-electron chi connectivity index (χ4n) is 2.77. The zero-order valence-corrected chi connectivity index (χ0v) is 13.3. The largest absolute Gasteiger partial charge is 0.394 e. The van der Waals surface area contributed by atoms with Gasteiger partial charge in [0.15, 0.2) is 0 Å². The Labute approximate surface area is 127 Å². The van der Waals surface area contributed by atoms with Gasteiger partial charge < -0.3 is 15.2 Å². The topological polar surface area (TPSA) is 62.5 Å². The van der Waals surface area contributed by atoms with E-state index in [9.17, 15) is 0 Å². The number of hydrogen-bond acceptors (Lipinski definition) is 5. The van der Waals surface area contributed by atoms with Crippen LogP contribution in [0.5, 0.6) is 0 Å². The summed E-state index contributed by atoms with van der Waals surface area (Å²) >= 11 is 0. The number of ether oxygens (including phenoxy) is 1. The molecule has 1 aromatic rings. The third-order valence-electron chi connectivity index (χ3n) is 4.08. The molecular formula is C15H28N4O2. The molecule has 2 N–H and O–H groups in total. The van der Waals surface area contributed by atoms with E-state index in [-0.39, 0.29) is 6.61 Å². The molecule has 0 aliphatic carbocycles. The molecule has 1 fully saturated rings. The number of aryl methyl sites for hydroxylation is 1. The quantitative estimate of drug-likeness (QED) is 0.676. The van der Waals surface area contributed by atoms with Gasteiger partial charge in [-0.25, -0.2) is 0 Å². The lowest BCUT2D eigenvalue weighted by molar-refractivity contribution is 0.0374. The zero-order valence-electron chi connectivity index (χ0n) is 13.3. The van der Waals surface area contributed by atoms with Crippen molar-refractivity contribution in [3.8, 4) is 0 Å². The smallest absolute Gasteiger partial charge is 0.0644 e. The molecule has 6 nitrogen and oxygen atoms in total. The van der Waals surface area contributed by atoms with Gasteiger partial charge in [-0.3, -0.25) is 9.58 Å². The summed E-state index contributed by atoms with van der Waals surface area (Å²) in [7, 11) is 0. The van der Waals surface area contributed by atoms with Crippen LogP contribution in [-0.2, 0) is 17.8 Å². The summed E-state index contributed by atoms with van der Waals surface area (Å²) < 4.78 is 7.24. The molecule has 120 valence electrons. The maximum Gasteiger partial charge on any atom is 0.0644 e. The molecule has 6 heteroatoms. The Morgan fingerprint density at radius 3 is 2.71 bits per heavy atom. The molecule has 0 saturated carbocycles. The number of aliphatic hydroxyl groups is 1. The molecule has 2 rings (SSSR count). The zero-order chi connectivity index (χ0) is 15.1. The van der Waals surface area contributed by atoms with Crippen LogP contribution in [0, 0.1) is 13.8 Å². The number of morpholine rings is 1. The first kappa shape index (κ1) is 16.4. The average molecular weight is 296 g/mol. The third kappa shape index (κ3) is 4.78. The van der Waals surface area contributed by atoms with Gasteiger partial charge in [0, 0.05) is 30.9 Å². The monoisotopic (exact) mass is 296 g/mol. The highest BCUT2D eigenvalue weighted by Crippen LogP contribution is 2.12. The van der Waals surface area contributed by atoms with Crippen LogP contribution >= 0.6 is 0 Å². The fraction of sp³-hybridized carbons (Fsp3) is 0.800. The molecule has 2 heterocycles. The maximum atomic E-state index is 9.02. The van der Waals surface area contributed by atoms with Crippen molar-refractivity contribution in [2.75, 3.05) is 46.0 Å². The Bertz CT molecular complexity index is 428. The van der Waals surface area contributed by atoms with Crippen molar-refractivity contribution in [2.24, 2.45) is 0 Å². The van der Waals surface area contributed by atoms with Crippen molar-refractivity contribution in [1.29, 1.82) is 0 Å². The van der Waals surface area contributed by atoms with Crippen LogP contribution in [0.1, 0.15) is 23.4 Å². The fourth-order valence-corrected chi connectivity index (χ4v) is 2.77. The van der Waals surface area contributed by atoms with Crippen LogP contribution in [-0.4, -0.2) is 65.8 Å². The number of rotatable bonds is 8. The molecule has 21 heavy (non-hydrogen) atoms. The van der Waals surface area contributed by atoms with Crippen LogP contribution in [0.25, 0.3) is 0 Å². The highest BCUT2D eigenvalue weighted by molar-refractivity contribution is 5.24. The molecule has 1 aliphatic heterocycles. The molecule has 1 saturated heterocycles. The van der Waals surface area contributed by atoms with Gasteiger partial charge in [-0.05, 0) is 33.4 Å². The summed E-state index contributed by atoms with van der Waals surface area (Å²) in [4.78, 5) is 2.46. The first-order valence-corrected chi connectivity index (χ1v) is 7.87. The summed E-state index contributed by atoms with van der Waals surface area (Å²) in [6, 6.07) is 0. The van der Waals surface area contributed by atoms with E-state index in [1.54, 1.807) is 0 Å². The van der Waals surface area contributed by atoms with Crippen LogP contribution in [0.3, 0.4) is 0 Å². The van der Waals surface area contributed by atoms with Crippen LogP contribution in [0.4, 0.5) is 0 Å². The van der Waals surface area contributed by atoms with Crippen molar-refractivity contribution in [1.82, 2.24) is 20.0 Å². The minimum absolute atomic E-state index is 0.133. The van der Waals surface area contributed by atoms with E-state index >= 15 is 0 Å². The van der Waals surface area contributed by atoms with Gasteiger partial charge in [0.25, 0.3) is 0 Å². The second-order valence-corrected chi connectivity index (χ2v) is 5.58. The minimum Gasteiger partial charge on any atom is -0.394 e. The highest BCUT2D eigenvalue weighted by Gasteiger charge is 2.11. The summed E-state index contributed by atoms with van der Waals surface area (Å²) in [6.07, 6.45) is 1.16. The molecule has 1 aromatic heterocycles. The van der Waals surface area contributed by atoms with Gasteiger partial charge in [-0.2, -0.15) is 5.10 Å². The number of hydrogen-bond donors (Lipinski definition) is 2. The van der Waals surface area contributed by atoms with Crippen molar-refractivity contribution in [3.05, 3.63) is 17.0 Å². The first-order chi connectivity index (χ1) is 10.2. The second-order valence-electron chi connectivity index (χ2n) is 5.58. The van der Waals surface area contributed by atoms with E-state index in [1.807, 2.05) is 11.6 Å². The van der Waals surface area contributed by atoms with Crippen molar-refractivity contribution < 1.29 is 9.84 Å². The van der Waals surface area contributed by atoms with E-state index in [4.69, 9.17) is 9.84 Å². The lowest BCUT2D eigenvalue weighted by Gasteiger charge is -2.26. The van der Waals surface area contributed by atoms with Crippen molar-refractivity contribution >= 4 is 0 Å². The minimum atomic E-state index is 0.133. The Balaban J connectivity index is 1.68. The van der Waals surface area contributed by atoms with Crippen LogP contribution in [0.15, 0.2) is 0 Å². The Hall–Kier alpha value is -0.950. The van der Waals surface area contributed by atoms with E-state index in [0.717, 1.165) is 63.7 Å². The molecule has 0 atom stereocenters. The Morgan fingerprint density at radius 1 is 1.24 bits per heavy atom. The predicted molar refractivity (Wildman–Crippen MR) is 82.4 cm³/mol. The van der Waals surface area contributed by atoms with Gasteiger partial charge in [0.1, 0.15) is 0 Å². The molecule has 1 aliphatic rings. The van der Waals surface area contributed by atoms with Crippen LogP contribution < -0.4 is 5.32 Å². The Morgan fingerprint density at radius 2 is 2.00 bits per heavy atom. The summed E-state index contributed by atoms with van der Waals surface area (Å²) in [6.45, 7) is 11.7. The van der Waals surface area contributed by atoms with E-state index in [0.29, 0.717) is 6.54 Å². The molecule has 0 bridgehead atoms. The van der Waals surface area contributed by atoms with E-state index in [1.165, 1.54) is 5.56 Å². The number of aliphatic hydroxyl groups excluding tert-OH is 1. The third-order valence-corrected chi connectivity index (χ3v) is 4.08. The summed E-state index contributed by atoms with van der Waals surface area (Å²) in [5.41, 5.74) is 3.47. The van der Waals surface area contributed by atoms with Gasteiger partial charge in [0.05, 0.1) is 32.1 Å². The average Bonchev–Trinajstić information content (AvgIpc) is 2.76. The SMILES string of the molecule is Cc1nn(CCO)c(C)c1CNCCCN1CCOCC1. The molecule has 0 spiro atoms. The van der Waals surface area contributed by atoms with Gasteiger partial charge >= 0.3 is 0 Å². The summed E-state index contributed by atoms with van der Waals surface area (Å²) in [5.74, 6) is 0. The van der Waals surface area contributed by atoms with Crippen molar-refractivity contribution in [3.63, 3.8) is 0 Å². The molecular weight excluding hydrogens is 268 g/mol. The second kappa shape index (κ2) is 8.48. The van der Waals surface area contributed by atoms with Crippen LogP contribution in [0.2, 0.25) is 0 Å². The van der Waals surface area contributed by atoms with Gasteiger partial charge in [-0.1, -0.05) is 0 Å². The molecule has 0 radical (unpaired) electrons. The first-order valence-electron chi connectivity index (χ1n) is 7.87. The van der Waals surface area contributed by atoms with E-state index < -0.39 is 0 Å². The van der Waals surface area contributed by atoms with Gasteiger partial charge in [0.2, 0.25) is 0 Å². The highest BCUT2D eigenvalue weighted by atomic mass is 16.5. The number of nitrogens with one attached hydrogen (secondary N) is 1. The van der Waals surface area contributed by atoms with E-state index in [2.05, 4.69) is 22.2 Å². The lowest BCUT2D eigenvalue weighted by atomic mass is 10.2. The van der Waals surface area contributed by atoms with Crippen molar-refractivity contribution in [2.45, 2.75) is 33.4 Å². The standard InChI is InChI=1S/C15H28N4O2/c1-13-15(14(2)19(17-13)6-9-20)12-16-4-3-5-18-7-10-21-11-8-18/h16,20H,3-12H2,1-2H3. The lowest BCUT2D eigenvalue weighted by Crippen LogP contribution is -2.37. The maximum absolute atomic E-state index is 9.02. The molecule has 0 amide bonds. The van der Waals surface area contributed by atoms with Gasteiger partial charge in [-0.15, -0.1) is 0 Å². The number of nitrogens with zero attached hydrogens (tertiary/aromatic N) is 3.